The van der Waals surface area contributed by atoms with E-state index in [0.29, 0.717) is 0 Å². The zero-order chi connectivity index (χ0) is 20.0. The van der Waals surface area contributed by atoms with Crippen molar-refractivity contribution in [3.63, 3.8) is 0 Å². The van der Waals surface area contributed by atoms with Crippen LogP contribution in [0.15, 0.2) is 21.9 Å². The third-order valence-corrected chi connectivity index (χ3v) is 6.89. The average molecular weight is 383 g/mol. The van der Waals surface area contributed by atoms with Gasteiger partial charge in [-0.05, 0) is 36.0 Å². The van der Waals surface area contributed by atoms with Crippen molar-refractivity contribution in [2.24, 2.45) is 17.2 Å². The minimum atomic E-state index is -3.90. The molecular weight excluding hydrogens is 366 g/mol. The second kappa shape index (κ2) is 6.26. The lowest BCUT2D eigenvalue weighted by Gasteiger charge is -2.31. The van der Waals surface area contributed by atoms with Gasteiger partial charge in [0.25, 0.3) is 10.5 Å². The van der Waals surface area contributed by atoms with E-state index in [1.807, 2.05) is 0 Å². The smallest absolute Gasteiger partial charge is 0.344 e. The largest absolute Gasteiger partial charge is 0.490 e. The molecule has 0 atom stereocenters. The number of benzene rings is 1. The Kier molecular flexibility index (Phi) is 4.60. The number of ether oxygens (including phenoxy) is 1. The summed E-state index contributed by atoms with van der Waals surface area (Å²) in [6.45, 7) is 3.35. The Morgan fingerprint density at radius 2 is 1.58 bits per heavy atom. The number of carboxylic acid groups (broad SMARTS) is 2. The van der Waals surface area contributed by atoms with E-state index < -0.39 is 53.5 Å². The van der Waals surface area contributed by atoms with Gasteiger partial charge in [-0.25, -0.2) is 9.59 Å². The fraction of sp³-hybridized carbons (Fsp3) is 0.200. The molecule has 0 spiro atoms. The Balaban J connectivity index is 3.10. The van der Waals surface area contributed by atoms with Crippen LogP contribution in [0.5, 0.6) is 5.75 Å². The number of primary amides is 2. The fourth-order valence-electron chi connectivity index (χ4n) is 2.79. The first-order valence-corrected chi connectivity index (χ1v) is 8.83. The second-order valence-electron chi connectivity index (χ2n) is 5.59. The molecule has 0 bridgehead atoms. The number of aromatic carboxylic acids is 1. The fourth-order valence-corrected chi connectivity index (χ4v) is 5.69. The quantitative estimate of drug-likeness (QED) is 0.511. The molecule has 1 aliphatic rings. The lowest BCUT2D eigenvalue weighted by atomic mass is 10.1. The molecule has 1 aromatic rings. The van der Waals surface area contributed by atoms with Gasteiger partial charge in [-0.2, -0.15) is 0 Å². The normalized spacial score (nSPS) is 16.1. The number of aliphatic carboxylic acids is 1. The van der Waals surface area contributed by atoms with Crippen molar-refractivity contribution in [1.82, 2.24) is 0 Å². The highest BCUT2D eigenvalue weighted by Crippen LogP contribution is 2.71. The van der Waals surface area contributed by atoms with Crippen molar-refractivity contribution >= 4 is 38.1 Å². The number of carbonyl (C=O) groups excluding carboxylic acids is 2. The highest BCUT2D eigenvalue weighted by Gasteiger charge is 2.55. The predicted octanol–water partition coefficient (Wildman–Crippen LogP) is 1.22. The van der Waals surface area contributed by atoms with E-state index in [0.717, 1.165) is 6.07 Å². The zero-order valence-electron chi connectivity index (χ0n) is 13.8. The maximum atomic E-state index is 12.3. The SMILES string of the molecule is CC(C)Oc1ccc(C(=O)O)c2c1C(N)=C(C(=O)O)S2(C(N)=O)C(N)=O. The maximum absolute atomic E-state index is 12.3. The molecule has 0 aliphatic carbocycles. The summed E-state index contributed by atoms with van der Waals surface area (Å²) in [4.78, 5) is 46.8. The molecule has 140 valence electrons. The van der Waals surface area contributed by atoms with E-state index >= 15 is 0 Å². The standard InChI is InChI=1S/C15H17N3O7S/c1-5(2)25-7-4-3-6(12(19)20)10-8(7)9(16)11(13(21)22)26(10,14(17)23)15(18)24/h3-5H,16H2,1-2H3,(H2,17,23)(H2,18,24)(H,19,20)(H,21,22). The molecule has 0 fully saturated rings. The van der Waals surface area contributed by atoms with Crippen LogP contribution in [0.3, 0.4) is 0 Å². The van der Waals surface area contributed by atoms with Crippen LogP contribution >= 0.6 is 10.0 Å². The van der Waals surface area contributed by atoms with Crippen molar-refractivity contribution in [2.45, 2.75) is 24.8 Å². The molecule has 11 heteroatoms. The third-order valence-electron chi connectivity index (χ3n) is 3.64. The number of hydrogen-bond acceptors (Lipinski definition) is 6. The summed E-state index contributed by atoms with van der Waals surface area (Å²) in [7, 11) is -3.90. The summed E-state index contributed by atoms with van der Waals surface area (Å²) < 4.78 is 5.55. The minimum Gasteiger partial charge on any atom is -0.490 e. The summed E-state index contributed by atoms with van der Waals surface area (Å²) in [6, 6.07) is 2.36. The average Bonchev–Trinajstić information content (AvgIpc) is 2.78. The Morgan fingerprint density at radius 3 is 1.96 bits per heavy atom. The molecule has 8 N–H and O–H groups in total. The van der Waals surface area contributed by atoms with Gasteiger partial charge in [-0.1, -0.05) is 0 Å². The van der Waals surface area contributed by atoms with E-state index in [4.69, 9.17) is 21.9 Å². The lowest BCUT2D eigenvalue weighted by molar-refractivity contribution is -0.131. The first-order chi connectivity index (χ1) is 12.0. The molecule has 0 unspecified atom stereocenters. The van der Waals surface area contributed by atoms with E-state index in [1.165, 1.54) is 6.07 Å². The lowest BCUT2D eigenvalue weighted by Crippen LogP contribution is -2.33. The third kappa shape index (κ3) is 2.44. The molecule has 0 saturated carbocycles. The van der Waals surface area contributed by atoms with E-state index in [-0.39, 0.29) is 17.4 Å². The summed E-state index contributed by atoms with van der Waals surface area (Å²) in [5.41, 5.74) is 15.5. The molecule has 0 radical (unpaired) electrons. The number of rotatable bonds is 4. The number of hydrogen-bond donors (Lipinski definition) is 5. The molecule has 1 heterocycles. The molecule has 1 aromatic carbocycles. The van der Waals surface area contributed by atoms with Crippen molar-refractivity contribution in [3.8, 4) is 5.75 Å². The van der Waals surface area contributed by atoms with Crippen molar-refractivity contribution < 1.29 is 34.1 Å². The first kappa shape index (κ1) is 19.1. The number of fused-ring (bicyclic) bond motifs is 1. The molecule has 2 amide bonds. The molecule has 2 rings (SSSR count). The van der Waals surface area contributed by atoms with Crippen LogP contribution in [0, 0.1) is 0 Å². The molecule has 0 saturated heterocycles. The van der Waals surface area contributed by atoms with Crippen LogP contribution < -0.4 is 21.9 Å². The topological polar surface area (TPSA) is 196 Å². The van der Waals surface area contributed by atoms with E-state index in [9.17, 15) is 29.4 Å². The Morgan fingerprint density at radius 1 is 1.04 bits per heavy atom. The van der Waals surface area contributed by atoms with Gasteiger partial charge in [-0.15, -0.1) is 0 Å². The highest BCUT2D eigenvalue weighted by atomic mass is 32.3. The summed E-state index contributed by atoms with van der Waals surface area (Å²) in [6.07, 6.45) is -0.386. The zero-order valence-corrected chi connectivity index (χ0v) is 14.6. The number of carboxylic acids is 2. The summed E-state index contributed by atoms with van der Waals surface area (Å²) in [5, 5.41) is 16.3. The summed E-state index contributed by atoms with van der Waals surface area (Å²) >= 11 is 0. The monoisotopic (exact) mass is 383 g/mol. The van der Waals surface area contributed by atoms with Crippen LogP contribution in [-0.2, 0) is 4.79 Å². The highest BCUT2D eigenvalue weighted by molar-refractivity contribution is 8.58. The number of nitrogens with two attached hydrogens (primary N) is 3. The van der Waals surface area contributed by atoms with E-state index in [1.54, 1.807) is 13.8 Å². The van der Waals surface area contributed by atoms with Gasteiger partial charge in [-0.3, -0.25) is 9.59 Å². The van der Waals surface area contributed by atoms with Gasteiger partial charge >= 0.3 is 11.9 Å². The van der Waals surface area contributed by atoms with Crippen molar-refractivity contribution in [3.05, 3.63) is 28.2 Å². The van der Waals surface area contributed by atoms with E-state index in [2.05, 4.69) is 0 Å². The van der Waals surface area contributed by atoms with Gasteiger partial charge in [0, 0.05) is 4.90 Å². The Labute approximate surface area is 148 Å². The molecule has 26 heavy (non-hydrogen) atoms. The molecular formula is C15H17N3O7S. The van der Waals surface area contributed by atoms with Crippen LogP contribution in [0.2, 0.25) is 0 Å². The number of carbonyl (C=O) groups is 4. The number of amides is 2. The van der Waals surface area contributed by atoms with Crippen molar-refractivity contribution in [2.75, 3.05) is 0 Å². The van der Waals surface area contributed by atoms with Gasteiger partial charge in [0.05, 0.1) is 22.9 Å². The molecule has 1 aliphatic heterocycles. The van der Waals surface area contributed by atoms with Gasteiger partial charge in [0.1, 0.15) is 10.7 Å². The van der Waals surface area contributed by atoms with Gasteiger partial charge in [0.2, 0.25) is 0 Å². The summed E-state index contributed by atoms with van der Waals surface area (Å²) in [5.74, 6) is -3.18. The van der Waals surface area contributed by atoms with Crippen LogP contribution in [-0.4, -0.2) is 38.7 Å². The maximum Gasteiger partial charge on any atom is 0.344 e. The predicted molar refractivity (Wildman–Crippen MR) is 92.9 cm³/mol. The van der Waals surface area contributed by atoms with Gasteiger partial charge in [0.15, 0.2) is 0 Å². The first-order valence-electron chi connectivity index (χ1n) is 7.20. The van der Waals surface area contributed by atoms with Crippen LogP contribution in [0.1, 0.15) is 29.8 Å². The Bertz CT molecular complexity index is 877. The van der Waals surface area contributed by atoms with Crippen molar-refractivity contribution in [1.29, 1.82) is 0 Å². The van der Waals surface area contributed by atoms with Gasteiger partial charge < -0.3 is 32.2 Å². The van der Waals surface area contributed by atoms with Crippen LogP contribution in [0.4, 0.5) is 9.59 Å². The molecule has 0 aromatic heterocycles. The minimum absolute atomic E-state index is 0.0214. The molecule has 10 nitrogen and oxygen atoms in total. The Hall–Kier alpha value is -3.21. The van der Waals surface area contributed by atoms with Crippen LogP contribution in [0.25, 0.3) is 5.70 Å². The second-order valence-corrected chi connectivity index (χ2v) is 8.43.